The van der Waals surface area contributed by atoms with Crippen molar-refractivity contribution in [1.82, 2.24) is 0 Å². The Morgan fingerprint density at radius 2 is 1.56 bits per heavy atom. The van der Waals surface area contributed by atoms with Crippen LogP contribution in [0.1, 0.15) is 0 Å². The summed E-state index contributed by atoms with van der Waals surface area (Å²) in [5, 5.41) is 9.29. The van der Waals surface area contributed by atoms with Crippen molar-refractivity contribution in [2.24, 2.45) is 0 Å². The number of benzene rings is 2. The summed E-state index contributed by atoms with van der Waals surface area (Å²) in [5.41, 5.74) is 2.31. The predicted octanol–water partition coefficient (Wildman–Crippen LogP) is 3.33. The van der Waals surface area contributed by atoms with Crippen molar-refractivity contribution in [1.29, 1.82) is 0 Å². The Bertz CT molecular complexity index is 468. The summed E-state index contributed by atoms with van der Waals surface area (Å²) in [6.45, 7) is 0.216. The largest absolute Gasteiger partial charge is 0.491 e. The van der Waals surface area contributed by atoms with E-state index in [1.807, 2.05) is 42.5 Å². The molecule has 0 bridgehead atoms. The predicted molar refractivity (Wildman–Crippen MR) is 74.1 cm³/mol. The summed E-state index contributed by atoms with van der Waals surface area (Å²) in [6.07, 6.45) is -0.625. The van der Waals surface area contributed by atoms with E-state index < -0.39 is 6.10 Å². The van der Waals surface area contributed by atoms with E-state index in [1.165, 1.54) is 5.56 Å². The topological polar surface area (TPSA) is 29.5 Å². The Balaban J connectivity index is 2.02. The lowest BCUT2D eigenvalue weighted by Crippen LogP contribution is -2.18. The van der Waals surface area contributed by atoms with Crippen LogP contribution >= 0.6 is 11.6 Å². The van der Waals surface area contributed by atoms with E-state index in [1.54, 1.807) is 0 Å². The lowest BCUT2D eigenvalue weighted by molar-refractivity contribution is 0.125. The van der Waals surface area contributed by atoms with Crippen LogP contribution in [-0.2, 0) is 0 Å². The van der Waals surface area contributed by atoms with Gasteiger partial charge in [0.25, 0.3) is 0 Å². The summed E-state index contributed by atoms with van der Waals surface area (Å²) >= 11 is 5.49. The maximum absolute atomic E-state index is 9.29. The van der Waals surface area contributed by atoms with Gasteiger partial charge in [-0.25, -0.2) is 0 Å². The van der Waals surface area contributed by atoms with Crippen molar-refractivity contribution >= 4 is 11.6 Å². The molecule has 0 fully saturated rings. The van der Waals surface area contributed by atoms with E-state index in [0.717, 1.165) is 11.3 Å². The molecule has 18 heavy (non-hydrogen) atoms. The van der Waals surface area contributed by atoms with E-state index in [-0.39, 0.29) is 12.5 Å². The quantitative estimate of drug-likeness (QED) is 0.838. The maximum Gasteiger partial charge on any atom is 0.119 e. The van der Waals surface area contributed by atoms with Gasteiger partial charge in [-0.05, 0) is 23.3 Å². The molecule has 3 heteroatoms. The number of aliphatic hydroxyl groups excluding tert-OH is 1. The number of aliphatic hydroxyl groups is 1. The summed E-state index contributed by atoms with van der Waals surface area (Å²) in [7, 11) is 0. The molecule has 0 saturated heterocycles. The van der Waals surface area contributed by atoms with Gasteiger partial charge in [-0.1, -0.05) is 42.5 Å². The highest BCUT2D eigenvalue weighted by Crippen LogP contribution is 2.22. The SMILES string of the molecule is O[C@@H](CCl)COc1ccc(-c2ccccc2)cc1. The van der Waals surface area contributed by atoms with Gasteiger partial charge in [0.15, 0.2) is 0 Å². The fourth-order valence-electron chi connectivity index (χ4n) is 1.61. The first-order valence-electron chi connectivity index (χ1n) is 5.82. The van der Waals surface area contributed by atoms with Crippen LogP contribution in [0.5, 0.6) is 5.75 Å². The van der Waals surface area contributed by atoms with Crippen LogP contribution in [0.25, 0.3) is 11.1 Å². The average Bonchev–Trinajstić information content (AvgIpc) is 2.46. The molecule has 94 valence electrons. The molecule has 0 amide bonds. The van der Waals surface area contributed by atoms with Crippen molar-refractivity contribution in [3.05, 3.63) is 54.6 Å². The summed E-state index contributed by atoms with van der Waals surface area (Å²) in [4.78, 5) is 0. The minimum absolute atomic E-state index is 0.183. The van der Waals surface area contributed by atoms with Gasteiger partial charge >= 0.3 is 0 Å². The second-order valence-corrected chi connectivity index (χ2v) is 4.32. The summed E-state index contributed by atoms with van der Waals surface area (Å²) in [6, 6.07) is 17.9. The standard InChI is InChI=1S/C15H15ClO2/c16-10-14(17)11-18-15-8-6-13(7-9-15)12-4-2-1-3-5-12/h1-9,14,17H,10-11H2/t14-/m0/s1. The third kappa shape index (κ3) is 3.49. The van der Waals surface area contributed by atoms with Gasteiger partial charge in [0.2, 0.25) is 0 Å². The zero-order valence-corrected chi connectivity index (χ0v) is 10.7. The number of alkyl halides is 1. The highest BCUT2D eigenvalue weighted by atomic mass is 35.5. The molecule has 0 aromatic heterocycles. The molecule has 2 aromatic rings. The monoisotopic (exact) mass is 262 g/mol. The highest BCUT2D eigenvalue weighted by molar-refractivity contribution is 6.18. The van der Waals surface area contributed by atoms with Crippen LogP contribution in [0, 0.1) is 0 Å². The Hall–Kier alpha value is -1.51. The number of halogens is 1. The fraction of sp³-hybridized carbons (Fsp3) is 0.200. The Morgan fingerprint density at radius 3 is 2.17 bits per heavy atom. The number of rotatable bonds is 5. The van der Waals surface area contributed by atoms with E-state index in [2.05, 4.69) is 12.1 Å². The molecular formula is C15H15ClO2. The summed E-state index contributed by atoms with van der Waals surface area (Å²) < 4.78 is 5.42. The lowest BCUT2D eigenvalue weighted by atomic mass is 10.1. The minimum Gasteiger partial charge on any atom is -0.491 e. The molecule has 0 spiro atoms. The van der Waals surface area contributed by atoms with Gasteiger partial charge in [0, 0.05) is 0 Å². The van der Waals surface area contributed by atoms with Crippen molar-refractivity contribution in [3.63, 3.8) is 0 Å². The molecule has 1 atom stereocenters. The first-order valence-corrected chi connectivity index (χ1v) is 6.35. The molecule has 2 aromatic carbocycles. The van der Waals surface area contributed by atoms with Crippen molar-refractivity contribution in [3.8, 4) is 16.9 Å². The molecule has 2 nitrogen and oxygen atoms in total. The first-order chi connectivity index (χ1) is 8.79. The van der Waals surface area contributed by atoms with Crippen molar-refractivity contribution < 1.29 is 9.84 Å². The number of hydrogen-bond acceptors (Lipinski definition) is 2. The van der Waals surface area contributed by atoms with Gasteiger partial charge in [0.1, 0.15) is 18.5 Å². The molecule has 0 aliphatic carbocycles. The zero-order valence-electron chi connectivity index (χ0n) is 9.92. The smallest absolute Gasteiger partial charge is 0.119 e. The second-order valence-electron chi connectivity index (χ2n) is 4.01. The van der Waals surface area contributed by atoms with Crippen LogP contribution in [0.15, 0.2) is 54.6 Å². The minimum atomic E-state index is -0.625. The molecular weight excluding hydrogens is 248 g/mol. The zero-order chi connectivity index (χ0) is 12.8. The first kappa shape index (κ1) is 12.9. The average molecular weight is 263 g/mol. The molecule has 0 heterocycles. The van der Waals surface area contributed by atoms with Crippen LogP contribution < -0.4 is 4.74 Å². The molecule has 0 aliphatic heterocycles. The van der Waals surface area contributed by atoms with Gasteiger partial charge in [-0.3, -0.25) is 0 Å². The molecule has 2 rings (SSSR count). The van der Waals surface area contributed by atoms with Gasteiger partial charge in [-0.15, -0.1) is 11.6 Å². The fourth-order valence-corrected chi connectivity index (χ4v) is 1.70. The van der Waals surface area contributed by atoms with Gasteiger partial charge in [-0.2, -0.15) is 0 Å². The van der Waals surface area contributed by atoms with Crippen LogP contribution in [0.4, 0.5) is 0 Å². The van der Waals surface area contributed by atoms with E-state index >= 15 is 0 Å². The van der Waals surface area contributed by atoms with E-state index in [0.29, 0.717) is 0 Å². The Morgan fingerprint density at radius 1 is 0.944 bits per heavy atom. The normalized spacial score (nSPS) is 12.1. The number of ether oxygens (including phenoxy) is 1. The van der Waals surface area contributed by atoms with Crippen LogP contribution in [0.2, 0.25) is 0 Å². The lowest BCUT2D eigenvalue weighted by Gasteiger charge is -2.10. The Labute approximate surface area is 112 Å². The maximum atomic E-state index is 9.29. The van der Waals surface area contributed by atoms with Crippen molar-refractivity contribution in [2.75, 3.05) is 12.5 Å². The summed E-state index contributed by atoms with van der Waals surface area (Å²) in [5.74, 6) is 0.918. The van der Waals surface area contributed by atoms with Crippen LogP contribution in [-0.4, -0.2) is 23.7 Å². The second kappa shape index (κ2) is 6.43. The highest BCUT2D eigenvalue weighted by Gasteiger charge is 2.03. The third-order valence-corrected chi connectivity index (χ3v) is 2.94. The van der Waals surface area contributed by atoms with Gasteiger partial charge < -0.3 is 9.84 Å². The molecule has 0 unspecified atom stereocenters. The van der Waals surface area contributed by atoms with Crippen LogP contribution in [0.3, 0.4) is 0 Å². The molecule has 0 saturated carbocycles. The van der Waals surface area contributed by atoms with Gasteiger partial charge in [0.05, 0.1) is 5.88 Å². The molecule has 0 radical (unpaired) electrons. The van der Waals surface area contributed by atoms with E-state index in [4.69, 9.17) is 16.3 Å². The molecule has 1 N–H and O–H groups in total. The molecule has 0 aliphatic rings. The van der Waals surface area contributed by atoms with E-state index in [9.17, 15) is 5.11 Å². The third-order valence-electron chi connectivity index (χ3n) is 2.58. The number of hydrogen-bond donors (Lipinski definition) is 1. The van der Waals surface area contributed by atoms with Crippen molar-refractivity contribution in [2.45, 2.75) is 6.10 Å². The Kier molecular flexibility index (Phi) is 4.62.